The molecule has 2 heterocycles. The van der Waals surface area contributed by atoms with Crippen LogP contribution in [0, 0.1) is 12.8 Å². The van der Waals surface area contributed by atoms with Gasteiger partial charge in [0.1, 0.15) is 0 Å². The Kier molecular flexibility index (Phi) is 8.92. The highest BCUT2D eigenvalue weighted by molar-refractivity contribution is 7.09. The molecule has 0 unspecified atom stereocenters. The number of hydrogen-bond acceptors (Lipinski definition) is 4. The number of rotatable bonds is 4. The minimum Gasteiger partial charge on any atom is -0.334 e. The van der Waals surface area contributed by atoms with Gasteiger partial charge in [0, 0.05) is 48.2 Å². The summed E-state index contributed by atoms with van der Waals surface area (Å²) in [5, 5.41) is 3.08. The van der Waals surface area contributed by atoms with Crippen molar-refractivity contribution in [2.24, 2.45) is 5.92 Å². The minimum absolute atomic E-state index is 0.0305. The molecule has 0 radical (unpaired) electrons. The average molecular weight is 504 g/mol. The van der Waals surface area contributed by atoms with E-state index in [9.17, 15) is 9.59 Å². The zero-order valence-electron chi connectivity index (χ0n) is 21.7. The fourth-order valence-electron chi connectivity index (χ4n) is 4.77. The van der Waals surface area contributed by atoms with Crippen molar-refractivity contribution < 1.29 is 9.59 Å². The van der Waals surface area contributed by atoms with Gasteiger partial charge in [-0.2, -0.15) is 0 Å². The zero-order valence-corrected chi connectivity index (χ0v) is 22.5. The lowest BCUT2D eigenvalue weighted by Crippen LogP contribution is -2.36. The summed E-state index contributed by atoms with van der Waals surface area (Å²) >= 11 is 1.63. The van der Waals surface area contributed by atoms with Gasteiger partial charge in [0.25, 0.3) is 5.91 Å². The van der Waals surface area contributed by atoms with Crippen molar-refractivity contribution in [3.05, 3.63) is 70.0 Å². The number of thiazole rings is 1. The van der Waals surface area contributed by atoms with E-state index >= 15 is 0 Å². The van der Waals surface area contributed by atoms with Gasteiger partial charge in [0.15, 0.2) is 0 Å². The summed E-state index contributed by atoms with van der Waals surface area (Å²) in [4.78, 5) is 35.4. The quantitative estimate of drug-likeness (QED) is 0.381. The second-order valence-electron chi connectivity index (χ2n) is 10.1. The van der Waals surface area contributed by atoms with Crippen LogP contribution in [0.25, 0.3) is 11.3 Å². The number of carbonyl (C=O) groups excluding carboxylic acids is 2. The molecule has 1 aliphatic rings. The highest BCUT2D eigenvalue weighted by Crippen LogP contribution is 2.27. The van der Waals surface area contributed by atoms with E-state index in [4.69, 9.17) is 0 Å². The van der Waals surface area contributed by atoms with Crippen LogP contribution in [0.15, 0.2) is 53.9 Å². The van der Waals surface area contributed by atoms with Crippen LogP contribution in [-0.4, -0.2) is 34.8 Å². The topological polar surface area (TPSA) is 53.5 Å². The summed E-state index contributed by atoms with van der Waals surface area (Å²) < 4.78 is 0. The molecule has 1 aromatic heterocycles. The van der Waals surface area contributed by atoms with Crippen molar-refractivity contribution in [3.63, 3.8) is 0 Å². The Morgan fingerprint density at radius 3 is 2.33 bits per heavy atom. The van der Waals surface area contributed by atoms with Crippen LogP contribution in [0.1, 0.15) is 73.3 Å². The third-order valence-corrected chi connectivity index (χ3v) is 7.44. The fourth-order valence-corrected chi connectivity index (χ4v) is 5.39. The van der Waals surface area contributed by atoms with Gasteiger partial charge in [-0.3, -0.25) is 9.59 Å². The van der Waals surface area contributed by atoms with Crippen LogP contribution in [0.2, 0.25) is 0 Å². The predicted molar refractivity (Wildman–Crippen MR) is 148 cm³/mol. The van der Waals surface area contributed by atoms with Gasteiger partial charge in [0.05, 0.1) is 10.7 Å². The molecular weight excluding hydrogens is 466 g/mol. The number of para-hydroxylation sites is 1. The molecule has 0 spiro atoms. The van der Waals surface area contributed by atoms with E-state index in [2.05, 4.69) is 24.9 Å². The standard InChI is InChI=1S/C30H37N3O2S/c1-22(2)19-29(34)33-18-10-6-4-5-9-17-32(20-26-11-7-8-12-28(26)33)30(35)25-15-13-24(14-16-25)27-21-36-23(3)31-27/h7-8,11-16,21-22H,4-6,9-10,17-20H2,1-3H3. The first-order valence-electron chi connectivity index (χ1n) is 13.1. The summed E-state index contributed by atoms with van der Waals surface area (Å²) in [6, 6.07) is 15.9. The second kappa shape index (κ2) is 12.3. The number of anilines is 1. The van der Waals surface area contributed by atoms with Gasteiger partial charge < -0.3 is 9.80 Å². The van der Waals surface area contributed by atoms with Crippen molar-refractivity contribution >= 4 is 28.8 Å². The third kappa shape index (κ3) is 6.61. The molecule has 0 saturated heterocycles. The molecule has 2 aromatic carbocycles. The van der Waals surface area contributed by atoms with Crippen molar-refractivity contribution in [2.45, 2.75) is 65.8 Å². The Labute approximate surface area is 219 Å². The van der Waals surface area contributed by atoms with Crippen LogP contribution >= 0.6 is 11.3 Å². The van der Waals surface area contributed by atoms with Gasteiger partial charge in [-0.15, -0.1) is 11.3 Å². The van der Waals surface area contributed by atoms with E-state index in [-0.39, 0.29) is 11.8 Å². The van der Waals surface area contributed by atoms with E-state index in [1.807, 2.05) is 64.6 Å². The molecule has 4 rings (SSSR count). The van der Waals surface area contributed by atoms with Crippen molar-refractivity contribution in [1.29, 1.82) is 0 Å². The summed E-state index contributed by atoms with van der Waals surface area (Å²) in [7, 11) is 0. The summed E-state index contributed by atoms with van der Waals surface area (Å²) in [6.45, 7) is 8.10. The molecule has 0 N–H and O–H groups in total. The number of aromatic nitrogens is 1. The smallest absolute Gasteiger partial charge is 0.254 e. The Balaban J connectivity index is 1.60. The van der Waals surface area contributed by atoms with Gasteiger partial charge in [-0.05, 0) is 49.4 Å². The maximum atomic E-state index is 13.7. The predicted octanol–water partition coefficient (Wildman–Crippen LogP) is 7.10. The van der Waals surface area contributed by atoms with Gasteiger partial charge in [0.2, 0.25) is 5.91 Å². The van der Waals surface area contributed by atoms with Crippen LogP contribution in [0.4, 0.5) is 5.69 Å². The lowest BCUT2D eigenvalue weighted by molar-refractivity contribution is -0.119. The van der Waals surface area contributed by atoms with E-state index in [1.54, 1.807) is 11.3 Å². The van der Waals surface area contributed by atoms with E-state index in [1.165, 1.54) is 0 Å². The minimum atomic E-state index is 0.0305. The Bertz CT molecular complexity index is 1170. The maximum Gasteiger partial charge on any atom is 0.254 e. The molecule has 0 bridgehead atoms. The summed E-state index contributed by atoms with van der Waals surface area (Å²) in [6.07, 6.45) is 5.83. The Hall–Kier alpha value is -2.99. The molecule has 0 saturated carbocycles. The van der Waals surface area contributed by atoms with Crippen LogP contribution in [0.5, 0.6) is 0 Å². The number of fused-ring (bicyclic) bond motifs is 1. The number of carbonyl (C=O) groups is 2. The molecular formula is C30H37N3O2S. The van der Waals surface area contributed by atoms with Gasteiger partial charge in [-0.1, -0.05) is 63.4 Å². The molecule has 190 valence electrons. The van der Waals surface area contributed by atoms with E-state index < -0.39 is 0 Å². The van der Waals surface area contributed by atoms with Crippen LogP contribution < -0.4 is 4.90 Å². The van der Waals surface area contributed by atoms with Crippen molar-refractivity contribution in [3.8, 4) is 11.3 Å². The molecule has 2 amide bonds. The van der Waals surface area contributed by atoms with Gasteiger partial charge >= 0.3 is 0 Å². The van der Waals surface area contributed by atoms with Crippen LogP contribution in [0.3, 0.4) is 0 Å². The van der Waals surface area contributed by atoms with E-state index in [0.29, 0.717) is 31.0 Å². The average Bonchev–Trinajstić information content (AvgIpc) is 3.30. The first-order valence-corrected chi connectivity index (χ1v) is 14.0. The third-order valence-electron chi connectivity index (χ3n) is 6.67. The summed E-state index contributed by atoms with van der Waals surface area (Å²) in [5.74, 6) is 0.503. The number of amides is 2. The summed E-state index contributed by atoms with van der Waals surface area (Å²) in [5.41, 5.74) is 4.62. The number of nitrogens with zero attached hydrogens (tertiary/aromatic N) is 3. The molecule has 0 aliphatic carbocycles. The zero-order chi connectivity index (χ0) is 25.5. The molecule has 3 aromatic rings. The number of aryl methyl sites for hydroxylation is 1. The van der Waals surface area contributed by atoms with Crippen molar-refractivity contribution in [2.75, 3.05) is 18.0 Å². The first kappa shape index (κ1) is 26.1. The highest BCUT2D eigenvalue weighted by Gasteiger charge is 2.23. The molecule has 1 aliphatic heterocycles. The number of hydrogen-bond donors (Lipinski definition) is 0. The lowest BCUT2D eigenvalue weighted by Gasteiger charge is -2.30. The highest BCUT2D eigenvalue weighted by atomic mass is 32.1. The molecule has 36 heavy (non-hydrogen) atoms. The van der Waals surface area contributed by atoms with Crippen LogP contribution in [-0.2, 0) is 11.3 Å². The normalized spacial score (nSPS) is 15.2. The first-order chi connectivity index (χ1) is 17.4. The molecule has 6 heteroatoms. The SMILES string of the molecule is Cc1nc(-c2ccc(C(=O)N3CCCCCCCN(C(=O)CC(C)C)c4ccccc4C3)cc2)cs1. The maximum absolute atomic E-state index is 13.7. The molecule has 0 atom stereocenters. The fraction of sp³-hybridized carbons (Fsp3) is 0.433. The lowest BCUT2D eigenvalue weighted by atomic mass is 10.0. The second-order valence-corrected chi connectivity index (χ2v) is 11.2. The monoisotopic (exact) mass is 503 g/mol. The largest absolute Gasteiger partial charge is 0.334 e. The van der Waals surface area contributed by atoms with Gasteiger partial charge in [-0.25, -0.2) is 4.98 Å². The number of benzene rings is 2. The molecule has 5 nitrogen and oxygen atoms in total. The van der Waals surface area contributed by atoms with E-state index in [0.717, 1.165) is 66.2 Å². The van der Waals surface area contributed by atoms with Crippen molar-refractivity contribution in [1.82, 2.24) is 9.88 Å². The Morgan fingerprint density at radius 1 is 0.944 bits per heavy atom. The Morgan fingerprint density at radius 2 is 1.64 bits per heavy atom. The molecule has 0 fully saturated rings.